The van der Waals surface area contributed by atoms with Crippen molar-refractivity contribution in [2.24, 2.45) is 45.8 Å². The number of likely N-dealkylation sites (tertiary alicyclic amines) is 1. The first-order chi connectivity index (χ1) is 16.2. The molecule has 2 saturated heterocycles. The van der Waals surface area contributed by atoms with E-state index in [4.69, 9.17) is 4.74 Å². The number of hydrogen-bond donors (Lipinski definition) is 2. The fraction of sp³-hybridized carbons (Fsp3) is 0.933. The first kappa shape index (κ1) is 22.8. The monoisotopic (exact) mass is 469 g/mol. The van der Waals surface area contributed by atoms with Crippen molar-refractivity contribution in [3.05, 3.63) is 11.6 Å². The minimum Gasteiger partial charge on any atom is -0.395 e. The van der Waals surface area contributed by atoms with E-state index in [1.54, 1.807) is 5.57 Å². The van der Waals surface area contributed by atoms with Crippen LogP contribution in [-0.2, 0) is 4.74 Å². The van der Waals surface area contributed by atoms with Crippen molar-refractivity contribution in [2.75, 3.05) is 19.7 Å². The van der Waals surface area contributed by atoms with Crippen LogP contribution in [0.3, 0.4) is 0 Å². The Morgan fingerprint density at radius 3 is 2.74 bits per heavy atom. The third kappa shape index (κ3) is 2.55. The Bertz CT molecular complexity index is 903. The predicted molar refractivity (Wildman–Crippen MR) is 133 cm³/mol. The van der Waals surface area contributed by atoms with Gasteiger partial charge in [-0.1, -0.05) is 39.3 Å². The molecule has 34 heavy (non-hydrogen) atoms. The van der Waals surface area contributed by atoms with E-state index in [0.29, 0.717) is 40.2 Å². The van der Waals surface area contributed by atoms with Crippen LogP contribution in [0, 0.1) is 45.8 Å². The van der Waals surface area contributed by atoms with E-state index in [1.807, 2.05) is 0 Å². The summed E-state index contributed by atoms with van der Waals surface area (Å²) in [6.45, 7) is 12.2. The average molecular weight is 470 g/mol. The topological polar surface area (TPSA) is 52.9 Å². The van der Waals surface area contributed by atoms with E-state index in [1.165, 1.54) is 51.4 Å². The number of β-amino-alcohol motifs (C(OH)–C–C–N with tert-alkyl or cyclic N) is 1. The van der Waals surface area contributed by atoms with Gasteiger partial charge in [0.2, 0.25) is 0 Å². The van der Waals surface area contributed by atoms with Gasteiger partial charge in [-0.15, -0.1) is 0 Å². The second-order valence-electron chi connectivity index (χ2n) is 14.4. The van der Waals surface area contributed by atoms with Crippen molar-refractivity contribution in [1.29, 1.82) is 0 Å². The lowest BCUT2D eigenvalue weighted by molar-refractivity contribution is -0.148. The molecule has 0 aromatic heterocycles. The summed E-state index contributed by atoms with van der Waals surface area (Å²) < 4.78 is 7.34. The average Bonchev–Trinajstić information content (AvgIpc) is 3.13. The van der Waals surface area contributed by atoms with Crippen LogP contribution in [-0.4, -0.2) is 58.7 Å². The fourth-order valence-electron chi connectivity index (χ4n) is 11.9. The van der Waals surface area contributed by atoms with Gasteiger partial charge in [0.25, 0.3) is 0 Å². The van der Waals surface area contributed by atoms with Crippen LogP contribution < -0.4 is 0 Å². The lowest BCUT2D eigenvalue weighted by Gasteiger charge is -2.50. The molecule has 2 spiro atoms. The lowest BCUT2D eigenvalue weighted by Crippen LogP contribution is -2.54. The van der Waals surface area contributed by atoms with Crippen LogP contribution in [0.4, 0.5) is 0 Å². The molecule has 0 aromatic rings. The largest absolute Gasteiger partial charge is 0.395 e. The van der Waals surface area contributed by atoms with Crippen molar-refractivity contribution in [1.82, 2.24) is 4.90 Å². The minimum absolute atomic E-state index is 0.0203. The van der Waals surface area contributed by atoms with Crippen LogP contribution >= 0.6 is 0 Å². The third-order valence-electron chi connectivity index (χ3n) is 13.4. The molecule has 0 radical (unpaired) electrons. The van der Waals surface area contributed by atoms with Crippen molar-refractivity contribution < 1.29 is 14.9 Å². The molecule has 4 saturated carbocycles. The highest BCUT2D eigenvalue weighted by Gasteiger charge is 2.84. The molecule has 4 unspecified atom stereocenters. The summed E-state index contributed by atoms with van der Waals surface area (Å²) in [6.07, 6.45) is 13.6. The maximum atomic E-state index is 10.3. The summed E-state index contributed by atoms with van der Waals surface area (Å²) in [6, 6.07) is 0.477. The predicted octanol–water partition coefficient (Wildman–Crippen LogP) is 4.79. The van der Waals surface area contributed by atoms with Gasteiger partial charge in [-0.05, 0) is 92.3 Å². The molecule has 0 amide bonds. The second-order valence-corrected chi connectivity index (χ2v) is 14.4. The minimum atomic E-state index is -0.212. The maximum absolute atomic E-state index is 10.3. The van der Waals surface area contributed by atoms with Crippen LogP contribution in [0.1, 0.15) is 85.5 Å². The van der Waals surface area contributed by atoms with Crippen molar-refractivity contribution in [3.63, 3.8) is 0 Å². The van der Waals surface area contributed by atoms with Crippen LogP contribution in [0.15, 0.2) is 11.6 Å². The van der Waals surface area contributed by atoms with Gasteiger partial charge >= 0.3 is 0 Å². The van der Waals surface area contributed by atoms with E-state index in [2.05, 4.69) is 38.7 Å². The number of aliphatic hydroxyl groups excluding tert-OH is 2. The molecule has 2 N–H and O–H groups in total. The third-order valence-corrected chi connectivity index (χ3v) is 13.4. The number of hydrogen-bond acceptors (Lipinski definition) is 4. The standard InChI is InChI=1S/C30H47NO3/c1-18-13-25-26(31(16-18)11-12-32)19(2)30(34-25)10-8-23-22-6-5-20-14-21(33)7-9-27(20,3)24(22)15-29(23)17-28(29,30)4/h14,18-19,21-26,32-33H,5-13,15-17H2,1-4H3/t18-,19+,21-,22?,23-,24-,25+,26?,27-,28?,29?,30+/m0/s1. The zero-order valence-electron chi connectivity index (χ0n) is 21.9. The Morgan fingerprint density at radius 2 is 1.94 bits per heavy atom. The van der Waals surface area contributed by atoms with Crippen molar-refractivity contribution in [2.45, 2.75) is 109 Å². The zero-order valence-corrected chi connectivity index (χ0v) is 21.9. The highest BCUT2D eigenvalue weighted by Crippen LogP contribution is 2.87. The SMILES string of the molecule is C[C@H]1C[C@H]2O[C@]3(CC[C@H]4C5CCC6=C[C@@H](O)CC[C@]6(C)[C@H]5CC45CC53C)[C@H](C)C2N(CCO)C1. The quantitative estimate of drug-likeness (QED) is 0.571. The number of nitrogens with zero attached hydrogens (tertiary/aromatic N) is 1. The van der Waals surface area contributed by atoms with Crippen LogP contribution in [0.2, 0.25) is 0 Å². The number of aliphatic hydroxyl groups is 2. The molecule has 190 valence electrons. The summed E-state index contributed by atoms with van der Waals surface area (Å²) >= 11 is 0. The molecule has 7 rings (SSSR count). The zero-order chi connectivity index (χ0) is 23.7. The van der Waals surface area contributed by atoms with Gasteiger partial charge in [-0.3, -0.25) is 4.90 Å². The normalized spacial score (nSPS) is 60.1. The molecular weight excluding hydrogens is 422 g/mol. The Hall–Kier alpha value is -0.420. The summed E-state index contributed by atoms with van der Waals surface area (Å²) in [5, 5.41) is 20.1. The van der Waals surface area contributed by atoms with E-state index < -0.39 is 0 Å². The molecule has 12 atom stereocenters. The Kier molecular flexibility index (Phi) is 4.76. The number of rotatable bonds is 2. The molecule has 0 bridgehead atoms. The second kappa shape index (κ2) is 7.11. The Morgan fingerprint density at radius 1 is 1.12 bits per heavy atom. The molecule has 6 fully saturated rings. The first-order valence-electron chi connectivity index (χ1n) is 14.6. The Labute approximate surface area is 206 Å². The van der Waals surface area contributed by atoms with E-state index in [-0.39, 0.29) is 18.3 Å². The molecule has 5 aliphatic carbocycles. The molecule has 7 aliphatic rings. The summed E-state index contributed by atoms with van der Waals surface area (Å²) in [4.78, 5) is 2.59. The summed E-state index contributed by atoms with van der Waals surface area (Å²) in [5.74, 6) is 3.74. The smallest absolute Gasteiger partial charge is 0.0787 e. The van der Waals surface area contributed by atoms with Gasteiger partial charge in [0.05, 0.1) is 24.4 Å². The van der Waals surface area contributed by atoms with Gasteiger partial charge in [-0.25, -0.2) is 0 Å². The van der Waals surface area contributed by atoms with Gasteiger partial charge in [0.1, 0.15) is 0 Å². The number of fused-ring (bicyclic) bond motifs is 6. The molecule has 0 aromatic carbocycles. The molecule has 4 nitrogen and oxygen atoms in total. The number of allylic oxidation sites excluding steroid dienone is 1. The van der Waals surface area contributed by atoms with Crippen LogP contribution in [0.5, 0.6) is 0 Å². The van der Waals surface area contributed by atoms with Gasteiger partial charge in [-0.2, -0.15) is 0 Å². The van der Waals surface area contributed by atoms with Gasteiger partial charge in [0.15, 0.2) is 0 Å². The highest BCUT2D eigenvalue weighted by atomic mass is 16.5. The molecule has 2 aliphatic heterocycles. The number of ether oxygens (including phenoxy) is 1. The maximum Gasteiger partial charge on any atom is 0.0787 e. The molecule has 4 heteroatoms. The lowest BCUT2D eigenvalue weighted by atomic mass is 9.56. The van der Waals surface area contributed by atoms with E-state index in [9.17, 15) is 10.2 Å². The molecular formula is C30H47NO3. The van der Waals surface area contributed by atoms with E-state index >= 15 is 0 Å². The Balaban J connectivity index is 1.22. The van der Waals surface area contributed by atoms with Gasteiger partial charge in [0, 0.05) is 30.5 Å². The van der Waals surface area contributed by atoms with Crippen molar-refractivity contribution >= 4 is 0 Å². The van der Waals surface area contributed by atoms with E-state index in [0.717, 1.165) is 37.3 Å². The van der Waals surface area contributed by atoms with Crippen LogP contribution in [0.25, 0.3) is 0 Å². The summed E-state index contributed by atoms with van der Waals surface area (Å²) in [7, 11) is 0. The van der Waals surface area contributed by atoms with Gasteiger partial charge < -0.3 is 14.9 Å². The number of piperidine rings is 1. The highest BCUT2D eigenvalue weighted by molar-refractivity contribution is 5.35. The van der Waals surface area contributed by atoms with Crippen molar-refractivity contribution in [3.8, 4) is 0 Å². The first-order valence-corrected chi connectivity index (χ1v) is 14.6. The fourth-order valence-corrected chi connectivity index (χ4v) is 11.9. The summed E-state index contributed by atoms with van der Waals surface area (Å²) in [5.41, 5.74) is 2.70. The molecule has 2 heterocycles.